The van der Waals surface area contributed by atoms with Crippen LogP contribution in [0.5, 0.6) is 0 Å². The number of amides is 1. The SMILES string of the molecule is C[C@@H]1CCC[C@H](C)N1S(=O)(=O)c1ccc(NC(=O)C[NH2+]C[C@@H]2CCCO2)cc1. The van der Waals surface area contributed by atoms with E-state index >= 15 is 0 Å². The monoisotopic (exact) mass is 410 g/mol. The molecule has 156 valence electrons. The van der Waals surface area contributed by atoms with E-state index in [0.29, 0.717) is 12.2 Å². The van der Waals surface area contributed by atoms with Gasteiger partial charge in [-0.3, -0.25) is 4.79 Å². The average molecular weight is 411 g/mol. The van der Waals surface area contributed by atoms with Crippen LogP contribution in [0, 0.1) is 0 Å². The summed E-state index contributed by atoms with van der Waals surface area (Å²) in [5, 5.41) is 4.77. The third-order valence-electron chi connectivity index (χ3n) is 5.61. The number of nitrogens with one attached hydrogen (secondary N) is 1. The molecule has 2 heterocycles. The van der Waals surface area contributed by atoms with Gasteiger partial charge in [0.1, 0.15) is 12.6 Å². The summed E-state index contributed by atoms with van der Waals surface area (Å²) in [7, 11) is -3.53. The van der Waals surface area contributed by atoms with Crippen molar-refractivity contribution in [3.8, 4) is 0 Å². The van der Waals surface area contributed by atoms with Crippen LogP contribution in [0.2, 0.25) is 0 Å². The Morgan fingerprint density at radius 2 is 1.82 bits per heavy atom. The number of hydrogen-bond acceptors (Lipinski definition) is 4. The van der Waals surface area contributed by atoms with Crippen molar-refractivity contribution in [2.75, 3.05) is 25.0 Å². The number of piperidine rings is 1. The molecule has 8 heteroatoms. The highest BCUT2D eigenvalue weighted by molar-refractivity contribution is 7.89. The van der Waals surface area contributed by atoms with Crippen molar-refractivity contribution in [2.45, 2.75) is 69.0 Å². The molecule has 0 radical (unpaired) electrons. The lowest BCUT2D eigenvalue weighted by atomic mass is 10.0. The molecule has 0 saturated carbocycles. The number of rotatable bonds is 7. The van der Waals surface area contributed by atoms with E-state index in [0.717, 1.165) is 45.3 Å². The summed E-state index contributed by atoms with van der Waals surface area (Å²) in [6.07, 6.45) is 5.23. The number of ether oxygens (including phenoxy) is 1. The Balaban J connectivity index is 1.55. The van der Waals surface area contributed by atoms with E-state index in [-0.39, 0.29) is 29.0 Å². The lowest BCUT2D eigenvalue weighted by Crippen LogP contribution is -2.88. The van der Waals surface area contributed by atoms with Gasteiger partial charge in [0.15, 0.2) is 6.54 Å². The van der Waals surface area contributed by atoms with Gasteiger partial charge in [0.05, 0.1) is 4.90 Å². The molecule has 0 unspecified atom stereocenters. The van der Waals surface area contributed by atoms with E-state index in [9.17, 15) is 13.2 Å². The van der Waals surface area contributed by atoms with E-state index < -0.39 is 10.0 Å². The van der Waals surface area contributed by atoms with Crippen LogP contribution in [0.15, 0.2) is 29.2 Å². The lowest BCUT2D eigenvalue weighted by Gasteiger charge is -2.37. The number of hydrogen-bond donors (Lipinski definition) is 2. The largest absolute Gasteiger partial charge is 0.372 e. The molecular formula is C20H32N3O4S+. The number of carbonyl (C=O) groups is 1. The topological polar surface area (TPSA) is 92.3 Å². The Morgan fingerprint density at radius 1 is 1.14 bits per heavy atom. The van der Waals surface area contributed by atoms with Crippen molar-refractivity contribution in [3.63, 3.8) is 0 Å². The summed E-state index contributed by atoms with van der Waals surface area (Å²) in [6.45, 7) is 5.86. The maximum atomic E-state index is 13.0. The van der Waals surface area contributed by atoms with Gasteiger partial charge in [-0.05, 0) is 63.8 Å². The minimum absolute atomic E-state index is 0.00696. The van der Waals surface area contributed by atoms with Crippen molar-refractivity contribution in [2.24, 2.45) is 0 Å². The predicted molar refractivity (Wildman–Crippen MR) is 108 cm³/mol. The minimum atomic E-state index is -3.53. The van der Waals surface area contributed by atoms with Crippen LogP contribution in [0.25, 0.3) is 0 Å². The van der Waals surface area contributed by atoms with Crippen molar-refractivity contribution in [1.29, 1.82) is 0 Å². The lowest BCUT2D eigenvalue weighted by molar-refractivity contribution is -0.649. The van der Waals surface area contributed by atoms with E-state index in [1.165, 1.54) is 0 Å². The number of nitrogens with zero attached hydrogens (tertiary/aromatic N) is 1. The number of anilines is 1. The molecule has 1 aromatic rings. The zero-order valence-electron chi connectivity index (χ0n) is 16.8. The maximum absolute atomic E-state index is 13.0. The molecule has 1 amide bonds. The summed E-state index contributed by atoms with van der Waals surface area (Å²) in [5.74, 6) is -0.105. The molecule has 1 aromatic carbocycles. The summed E-state index contributed by atoms with van der Waals surface area (Å²) >= 11 is 0. The molecule has 0 bridgehead atoms. The van der Waals surface area contributed by atoms with Crippen molar-refractivity contribution in [3.05, 3.63) is 24.3 Å². The highest BCUT2D eigenvalue weighted by Gasteiger charge is 2.35. The molecule has 3 N–H and O–H groups in total. The van der Waals surface area contributed by atoms with E-state index in [4.69, 9.17) is 4.74 Å². The molecular weight excluding hydrogens is 378 g/mol. The van der Waals surface area contributed by atoms with E-state index in [1.807, 2.05) is 19.2 Å². The Hall–Kier alpha value is -1.48. The van der Waals surface area contributed by atoms with Crippen LogP contribution in [-0.2, 0) is 19.6 Å². The Morgan fingerprint density at radius 3 is 2.43 bits per heavy atom. The number of sulfonamides is 1. The van der Waals surface area contributed by atoms with Gasteiger partial charge >= 0.3 is 0 Å². The second-order valence-corrected chi connectivity index (χ2v) is 9.74. The first-order valence-corrected chi connectivity index (χ1v) is 11.7. The number of benzene rings is 1. The normalized spacial score (nSPS) is 26.3. The van der Waals surface area contributed by atoms with Crippen LogP contribution in [0.3, 0.4) is 0 Å². The first kappa shape index (κ1) is 21.2. The van der Waals surface area contributed by atoms with E-state index in [2.05, 4.69) is 5.32 Å². The molecule has 2 fully saturated rings. The second-order valence-electron chi connectivity index (χ2n) is 7.90. The zero-order chi connectivity index (χ0) is 20.1. The number of nitrogens with two attached hydrogens (primary N) is 1. The van der Waals surface area contributed by atoms with Gasteiger partial charge in [-0.2, -0.15) is 4.31 Å². The average Bonchev–Trinajstić information content (AvgIpc) is 3.15. The highest BCUT2D eigenvalue weighted by atomic mass is 32.2. The Bertz CT molecular complexity index is 750. The van der Waals surface area contributed by atoms with Gasteiger partial charge in [-0.15, -0.1) is 0 Å². The van der Waals surface area contributed by atoms with Gasteiger partial charge in [0.2, 0.25) is 10.0 Å². The minimum Gasteiger partial charge on any atom is -0.372 e. The molecule has 0 aromatic heterocycles. The standard InChI is InChI=1S/C20H31N3O4S/c1-15-5-3-6-16(2)23(15)28(25,26)19-10-8-17(9-11-19)22-20(24)14-21-13-18-7-4-12-27-18/h8-11,15-16,18,21H,3-7,12-14H2,1-2H3,(H,22,24)/p+1/t15-,16+,18-/m0/s1. The van der Waals surface area contributed by atoms with Crippen molar-refractivity contribution in [1.82, 2.24) is 4.31 Å². The van der Waals surface area contributed by atoms with Gasteiger partial charge in [0.25, 0.3) is 5.91 Å². The van der Waals surface area contributed by atoms with Gasteiger partial charge in [0, 0.05) is 24.4 Å². The van der Waals surface area contributed by atoms with Crippen LogP contribution >= 0.6 is 0 Å². The second kappa shape index (κ2) is 9.35. The summed E-state index contributed by atoms with van der Waals surface area (Å²) < 4.78 is 33.2. The molecule has 28 heavy (non-hydrogen) atoms. The molecule has 0 spiro atoms. The van der Waals surface area contributed by atoms with Crippen molar-refractivity contribution < 1.29 is 23.3 Å². The van der Waals surface area contributed by atoms with Crippen LogP contribution in [0.4, 0.5) is 5.69 Å². The Labute approximate surface area is 167 Å². The molecule has 3 rings (SSSR count). The van der Waals surface area contributed by atoms with Gasteiger partial charge in [-0.1, -0.05) is 6.42 Å². The molecule has 7 nitrogen and oxygen atoms in total. The Kier molecular flexibility index (Phi) is 7.09. The number of quaternary nitrogens is 1. The quantitative estimate of drug-likeness (QED) is 0.709. The van der Waals surface area contributed by atoms with Crippen molar-refractivity contribution >= 4 is 21.6 Å². The fourth-order valence-electron chi connectivity index (χ4n) is 4.15. The van der Waals surface area contributed by atoms with Crippen LogP contribution in [-0.4, -0.2) is 56.5 Å². The first-order chi connectivity index (χ1) is 13.4. The molecule has 2 saturated heterocycles. The summed E-state index contributed by atoms with van der Waals surface area (Å²) in [4.78, 5) is 12.4. The van der Waals surface area contributed by atoms with E-state index in [1.54, 1.807) is 28.6 Å². The molecule has 0 aliphatic carbocycles. The molecule has 2 aliphatic heterocycles. The van der Waals surface area contributed by atoms with Gasteiger partial charge in [-0.25, -0.2) is 8.42 Å². The zero-order valence-corrected chi connectivity index (χ0v) is 17.6. The maximum Gasteiger partial charge on any atom is 0.279 e. The first-order valence-electron chi connectivity index (χ1n) is 10.2. The number of carbonyl (C=O) groups excluding carboxylic acids is 1. The summed E-state index contributed by atoms with van der Waals surface area (Å²) in [6, 6.07) is 6.48. The van der Waals surface area contributed by atoms with Gasteiger partial charge < -0.3 is 15.4 Å². The fourth-order valence-corrected chi connectivity index (χ4v) is 6.03. The third-order valence-corrected chi connectivity index (χ3v) is 7.75. The molecule has 2 aliphatic rings. The fraction of sp³-hybridized carbons (Fsp3) is 0.650. The van der Waals surface area contributed by atoms with Crippen LogP contribution in [0.1, 0.15) is 46.0 Å². The highest BCUT2D eigenvalue weighted by Crippen LogP contribution is 2.29. The third kappa shape index (κ3) is 5.11. The molecule has 3 atom stereocenters. The smallest absolute Gasteiger partial charge is 0.279 e. The summed E-state index contributed by atoms with van der Waals surface area (Å²) in [5.41, 5.74) is 0.606. The predicted octanol–water partition coefficient (Wildman–Crippen LogP) is 1.32. The van der Waals surface area contributed by atoms with Crippen LogP contribution < -0.4 is 10.6 Å².